The van der Waals surface area contributed by atoms with Crippen molar-refractivity contribution in [1.29, 1.82) is 0 Å². The molecule has 4 atom stereocenters. The summed E-state index contributed by atoms with van der Waals surface area (Å²) in [5, 5.41) is 15.4. The maximum atomic E-state index is 11.3. The normalized spacial score (nSPS) is 37.0. The van der Waals surface area contributed by atoms with Crippen molar-refractivity contribution >= 4 is 6.21 Å². The molecule has 1 N–H and O–H groups in total. The SMILES string of the molecule is CCON=CC1CCC2(O)CC(Cc3ccccc3)CCC12C. The first-order valence-corrected chi connectivity index (χ1v) is 8.99. The summed E-state index contributed by atoms with van der Waals surface area (Å²) in [6, 6.07) is 10.7. The molecule has 1 aromatic carbocycles. The van der Waals surface area contributed by atoms with Crippen molar-refractivity contribution in [3.8, 4) is 0 Å². The zero-order valence-corrected chi connectivity index (χ0v) is 14.4. The average molecular weight is 315 g/mol. The Kier molecular flexibility index (Phi) is 4.77. The lowest BCUT2D eigenvalue weighted by molar-refractivity contribution is -0.106. The van der Waals surface area contributed by atoms with E-state index in [1.165, 1.54) is 12.0 Å². The Balaban J connectivity index is 1.68. The smallest absolute Gasteiger partial charge is 0.114 e. The van der Waals surface area contributed by atoms with Crippen LogP contribution in [0.2, 0.25) is 0 Å². The first kappa shape index (κ1) is 16.5. The third-order valence-electron chi connectivity index (χ3n) is 6.26. The van der Waals surface area contributed by atoms with Gasteiger partial charge in [0.05, 0.1) is 5.60 Å². The zero-order chi connectivity index (χ0) is 16.3. The van der Waals surface area contributed by atoms with E-state index in [1.807, 2.05) is 13.1 Å². The number of nitrogens with zero attached hydrogens (tertiary/aromatic N) is 1. The van der Waals surface area contributed by atoms with Gasteiger partial charge in [0.25, 0.3) is 0 Å². The predicted molar refractivity (Wildman–Crippen MR) is 93.4 cm³/mol. The van der Waals surface area contributed by atoms with Gasteiger partial charge in [-0.1, -0.05) is 42.4 Å². The molecular formula is C20H29NO2. The van der Waals surface area contributed by atoms with Crippen LogP contribution >= 0.6 is 0 Å². The quantitative estimate of drug-likeness (QED) is 0.653. The van der Waals surface area contributed by atoms with Crippen LogP contribution in [0.25, 0.3) is 0 Å². The Hall–Kier alpha value is -1.35. The third-order valence-corrected chi connectivity index (χ3v) is 6.26. The molecule has 0 spiro atoms. The first-order valence-electron chi connectivity index (χ1n) is 8.99. The zero-order valence-electron chi connectivity index (χ0n) is 14.4. The second kappa shape index (κ2) is 6.64. The minimum absolute atomic E-state index is 0.0548. The molecule has 0 aromatic heterocycles. The standard InChI is InChI=1S/C20H29NO2/c1-3-23-21-15-18-10-12-20(22)14-17(9-11-19(18,20)2)13-16-7-5-4-6-8-16/h4-8,15,17-18,22H,3,9-14H2,1-2H3. The maximum Gasteiger partial charge on any atom is 0.114 e. The number of benzene rings is 1. The lowest BCUT2D eigenvalue weighted by Crippen LogP contribution is -2.50. The molecule has 0 radical (unpaired) electrons. The Morgan fingerprint density at radius 1 is 1.26 bits per heavy atom. The van der Waals surface area contributed by atoms with Crippen LogP contribution in [-0.2, 0) is 11.3 Å². The van der Waals surface area contributed by atoms with Gasteiger partial charge >= 0.3 is 0 Å². The molecule has 2 saturated carbocycles. The summed E-state index contributed by atoms with van der Waals surface area (Å²) in [4.78, 5) is 5.14. The van der Waals surface area contributed by atoms with Gasteiger partial charge in [-0.15, -0.1) is 0 Å². The van der Waals surface area contributed by atoms with Gasteiger partial charge in [-0.2, -0.15) is 0 Å². The molecule has 3 rings (SSSR count). The van der Waals surface area contributed by atoms with E-state index in [2.05, 4.69) is 42.4 Å². The van der Waals surface area contributed by atoms with Crippen LogP contribution in [0.15, 0.2) is 35.5 Å². The van der Waals surface area contributed by atoms with Gasteiger partial charge in [-0.05, 0) is 56.9 Å². The fraction of sp³-hybridized carbons (Fsp3) is 0.650. The molecule has 0 bridgehead atoms. The number of oxime groups is 1. The summed E-state index contributed by atoms with van der Waals surface area (Å²) in [5.41, 5.74) is 0.783. The van der Waals surface area contributed by atoms with Crippen molar-refractivity contribution in [3.05, 3.63) is 35.9 Å². The minimum atomic E-state index is -0.548. The Bertz CT molecular complexity index is 544. The average Bonchev–Trinajstić information content (AvgIpc) is 2.80. The molecule has 0 heterocycles. The highest BCUT2D eigenvalue weighted by Crippen LogP contribution is 2.58. The molecule has 126 valence electrons. The highest BCUT2D eigenvalue weighted by Gasteiger charge is 2.58. The van der Waals surface area contributed by atoms with Crippen molar-refractivity contribution in [2.24, 2.45) is 22.4 Å². The molecule has 0 amide bonds. The number of fused-ring (bicyclic) bond motifs is 1. The Labute approximate surface area is 139 Å². The number of aliphatic hydroxyl groups is 1. The van der Waals surface area contributed by atoms with Crippen molar-refractivity contribution in [2.75, 3.05) is 6.61 Å². The third kappa shape index (κ3) is 3.16. The summed E-state index contributed by atoms with van der Waals surface area (Å²) < 4.78 is 0. The number of hydrogen-bond donors (Lipinski definition) is 1. The molecule has 4 unspecified atom stereocenters. The van der Waals surface area contributed by atoms with Crippen molar-refractivity contribution in [2.45, 2.75) is 58.0 Å². The minimum Gasteiger partial charge on any atom is -0.396 e. The van der Waals surface area contributed by atoms with Gasteiger partial charge in [0.1, 0.15) is 6.61 Å². The van der Waals surface area contributed by atoms with Crippen LogP contribution in [0.4, 0.5) is 0 Å². The van der Waals surface area contributed by atoms with Gasteiger partial charge in [0, 0.05) is 17.5 Å². The topological polar surface area (TPSA) is 41.8 Å². The van der Waals surface area contributed by atoms with Gasteiger partial charge in [-0.25, -0.2) is 0 Å². The van der Waals surface area contributed by atoms with Gasteiger partial charge in [0.2, 0.25) is 0 Å². The molecule has 0 aliphatic heterocycles. The van der Waals surface area contributed by atoms with Crippen molar-refractivity contribution in [3.63, 3.8) is 0 Å². The van der Waals surface area contributed by atoms with E-state index in [-0.39, 0.29) is 5.41 Å². The summed E-state index contributed by atoms with van der Waals surface area (Å²) >= 11 is 0. The summed E-state index contributed by atoms with van der Waals surface area (Å²) in [7, 11) is 0. The van der Waals surface area contributed by atoms with Crippen LogP contribution in [0.1, 0.15) is 51.5 Å². The summed E-state index contributed by atoms with van der Waals surface area (Å²) in [6.07, 6.45) is 8.10. The van der Waals surface area contributed by atoms with Crippen LogP contribution in [-0.4, -0.2) is 23.5 Å². The molecular weight excluding hydrogens is 286 g/mol. The van der Waals surface area contributed by atoms with E-state index < -0.39 is 5.60 Å². The molecule has 23 heavy (non-hydrogen) atoms. The lowest BCUT2D eigenvalue weighted by Gasteiger charge is -2.48. The number of rotatable bonds is 5. The second-order valence-electron chi connectivity index (χ2n) is 7.57. The van der Waals surface area contributed by atoms with Crippen LogP contribution < -0.4 is 0 Å². The molecule has 2 aliphatic rings. The van der Waals surface area contributed by atoms with Crippen LogP contribution in [0.3, 0.4) is 0 Å². The van der Waals surface area contributed by atoms with Gasteiger partial charge in [-0.3, -0.25) is 0 Å². The lowest BCUT2D eigenvalue weighted by atomic mass is 9.59. The Morgan fingerprint density at radius 2 is 2.04 bits per heavy atom. The van der Waals surface area contributed by atoms with E-state index in [1.54, 1.807) is 0 Å². The molecule has 3 heteroatoms. The highest BCUT2D eigenvalue weighted by molar-refractivity contribution is 5.62. The highest BCUT2D eigenvalue weighted by atomic mass is 16.6. The molecule has 3 nitrogen and oxygen atoms in total. The molecule has 2 aliphatic carbocycles. The fourth-order valence-electron chi connectivity index (χ4n) is 4.73. The molecule has 1 aromatic rings. The second-order valence-corrected chi connectivity index (χ2v) is 7.57. The molecule has 0 saturated heterocycles. The monoisotopic (exact) mass is 315 g/mol. The van der Waals surface area contributed by atoms with E-state index in [4.69, 9.17) is 4.84 Å². The van der Waals surface area contributed by atoms with Crippen LogP contribution in [0.5, 0.6) is 0 Å². The Morgan fingerprint density at radius 3 is 2.78 bits per heavy atom. The fourth-order valence-corrected chi connectivity index (χ4v) is 4.73. The largest absolute Gasteiger partial charge is 0.396 e. The van der Waals surface area contributed by atoms with Gasteiger partial charge < -0.3 is 9.94 Å². The van der Waals surface area contributed by atoms with E-state index >= 15 is 0 Å². The maximum absolute atomic E-state index is 11.3. The molecule has 2 fully saturated rings. The predicted octanol–water partition coefficient (Wildman–Crippen LogP) is 4.20. The van der Waals surface area contributed by atoms with Gasteiger partial charge in [0.15, 0.2) is 0 Å². The number of hydrogen-bond acceptors (Lipinski definition) is 3. The van der Waals surface area contributed by atoms with Crippen molar-refractivity contribution < 1.29 is 9.94 Å². The van der Waals surface area contributed by atoms with E-state index in [9.17, 15) is 5.11 Å². The summed E-state index contributed by atoms with van der Waals surface area (Å²) in [5.74, 6) is 0.912. The first-order chi connectivity index (χ1) is 11.1. The summed E-state index contributed by atoms with van der Waals surface area (Å²) in [6.45, 7) is 4.80. The van der Waals surface area contributed by atoms with Crippen LogP contribution in [0, 0.1) is 17.3 Å². The van der Waals surface area contributed by atoms with Crippen molar-refractivity contribution in [1.82, 2.24) is 0 Å². The van der Waals surface area contributed by atoms with E-state index in [0.29, 0.717) is 18.4 Å². The van der Waals surface area contributed by atoms with E-state index in [0.717, 1.165) is 32.1 Å².